The summed E-state index contributed by atoms with van der Waals surface area (Å²) in [5, 5.41) is 4.26. The summed E-state index contributed by atoms with van der Waals surface area (Å²) < 4.78 is 1.80. The molecule has 3 aliphatic heterocycles. The molecule has 0 radical (unpaired) electrons. The molecule has 8 nitrogen and oxygen atoms in total. The van der Waals surface area contributed by atoms with Gasteiger partial charge in [0.25, 0.3) is 11.8 Å². The molecule has 0 fully saturated rings. The molecule has 3 aliphatic rings. The van der Waals surface area contributed by atoms with Gasteiger partial charge >= 0.3 is 0 Å². The number of anilines is 1. The summed E-state index contributed by atoms with van der Waals surface area (Å²) in [5.41, 5.74) is 4.12. The maximum Gasteiger partial charge on any atom is 0.261 e. The van der Waals surface area contributed by atoms with Gasteiger partial charge in [-0.15, -0.1) is 11.3 Å². The Morgan fingerprint density at radius 3 is 2.85 bits per heavy atom. The molecule has 0 saturated heterocycles. The molecule has 9 heteroatoms. The van der Waals surface area contributed by atoms with Gasteiger partial charge in [0.15, 0.2) is 10.7 Å². The molecule has 164 valence electrons. The molecule has 5 heterocycles. The number of fused-ring (bicyclic) bond motifs is 1. The van der Waals surface area contributed by atoms with Crippen molar-refractivity contribution < 1.29 is 14.4 Å². The van der Waals surface area contributed by atoms with Gasteiger partial charge in [0.1, 0.15) is 0 Å². The van der Waals surface area contributed by atoms with Crippen LogP contribution in [0.4, 0.5) is 5.69 Å². The van der Waals surface area contributed by atoms with Crippen molar-refractivity contribution >= 4 is 50.9 Å². The molecule has 1 atom stereocenters. The van der Waals surface area contributed by atoms with E-state index in [-0.39, 0.29) is 28.9 Å². The van der Waals surface area contributed by atoms with Gasteiger partial charge in [-0.3, -0.25) is 29.1 Å². The number of amides is 2. The molecule has 2 aromatic heterocycles. The van der Waals surface area contributed by atoms with Gasteiger partial charge in [-0.1, -0.05) is 32.0 Å². The Labute approximate surface area is 193 Å². The molecule has 1 unspecified atom stereocenters. The summed E-state index contributed by atoms with van der Waals surface area (Å²) in [6, 6.07) is 5.48. The van der Waals surface area contributed by atoms with Gasteiger partial charge in [0.2, 0.25) is 0 Å². The van der Waals surface area contributed by atoms with E-state index >= 15 is 0 Å². The first-order chi connectivity index (χ1) is 16.0. The lowest BCUT2D eigenvalue weighted by Crippen LogP contribution is -2.37. The number of thiazole rings is 1. The first-order valence-electron chi connectivity index (χ1n) is 10.7. The monoisotopic (exact) mass is 457 g/mol. The topological polar surface area (TPSA) is 96.1 Å². The molecule has 0 saturated carbocycles. The Kier molecular flexibility index (Phi) is 4.25. The second kappa shape index (κ2) is 7.08. The molecule has 1 N–H and O–H groups in total. The summed E-state index contributed by atoms with van der Waals surface area (Å²) in [5.74, 6) is -0.898. The highest BCUT2D eigenvalue weighted by atomic mass is 32.1. The number of benzene rings is 1. The molecular weight excluding hydrogens is 438 g/mol. The summed E-state index contributed by atoms with van der Waals surface area (Å²) in [6.45, 7) is 3.80. The van der Waals surface area contributed by atoms with E-state index in [0.29, 0.717) is 17.8 Å². The van der Waals surface area contributed by atoms with E-state index in [9.17, 15) is 14.4 Å². The highest BCUT2D eigenvalue weighted by molar-refractivity contribution is 7.15. The fourth-order valence-corrected chi connectivity index (χ4v) is 5.64. The van der Waals surface area contributed by atoms with Crippen molar-refractivity contribution in [1.29, 1.82) is 0 Å². The largest absolute Gasteiger partial charge is 0.335 e. The van der Waals surface area contributed by atoms with Crippen LogP contribution in [0.25, 0.3) is 10.5 Å². The number of carbonyl (C=O) groups is 3. The second-order valence-electron chi connectivity index (χ2n) is 8.51. The number of para-hydroxylation sites is 1. The Bertz CT molecular complexity index is 1470. The van der Waals surface area contributed by atoms with Crippen molar-refractivity contribution in [3.05, 3.63) is 70.8 Å². The Hall–Kier alpha value is -3.85. The highest BCUT2D eigenvalue weighted by Gasteiger charge is 2.41. The molecule has 1 aromatic carbocycles. The lowest BCUT2D eigenvalue weighted by Gasteiger charge is -2.24. The normalized spacial score (nSPS) is 19.4. The number of Topliss-reactive ketones (excluding diaryl/α,β-unsaturated/α-hetero) is 1. The fourth-order valence-electron chi connectivity index (χ4n) is 4.79. The quantitative estimate of drug-likeness (QED) is 0.608. The fraction of sp³-hybridized carbons (Fsp3) is 0.208. The standard InChI is InChI=1S/C24H19N5O3S/c1-12(2)21(30)15-10-13-4-3-5-14-19(25-6-8-28(15)20(13)14)18-17(22(31)27-23(18)32)16-11-33-24-26-7-9-29(16)24/h3-9,11-12,15H,10H2,1-2H3,(H,27,31,32). The smallest absolute Gasteiger partial charge is 0.261 e. The van der Waals surface area contributed by atoms with Crippen molar-refractivity contribution in [3.63, 3.8) is 0 Å². The Morgan fingerprint density at radius 2 is 2.03 bits per heavy atom. The Morgan fingerprint density at radius 1 is 1.21 bits per heavy atom. The number of hydrogen-bond acceptors (Lipinski definition) is 7. The molecule has 6 rings (SSSR count). The van der Waals surface area contributed by atoms with Crippen LogP contribution in [0.2, 0.25) is 0 Å². The van der Waals surface area contributed by atoms with Crippen LogP contribution in [0, 0.1) is 5.92 Å². The average molecular weight is 458 g/mol. The van der Waals surface area contributed by atoms with Crippen LogP contribution in [0.5, 0.6) is 0 Å². The zero-order valence-electron chi connectivity index (χ0n) is 17.9. The summed E-state index contributed by atoms with van der Waals surface area (Å²) in [6.07, 6.45) is 7.41. The van der Waals surface area contributed by atoms with Crippen LogP contribution in [0.15, 0.2) is 58.9 Å². The first-order valence-corrected chi connectivity index (χ1v) is 11.5. The molecule has 2 amide bonds. The van der Waals surface area contributed by atoms with Gasteiger partial charge < -0.3 is 4.90 Å². The number of hydrogen-bond donors (Lipinski definition) is 1. The van der Waals surface area contributed by atoms with Gasteiger partial charge in [0.05, 0.1) is 34.3 Å². The van der Waals surface area contributed by atoms with Gasteiger partial charge in [0, 0.05) is 48.1 Å². The molecule has 33 heavy (non-hydrogen) atoms. The van der Waals surface area contributed by atoms with Gasteiger partial charge in [-0.2, -0.15) is 0 Å². The number of rotatable bonds is 4. The molecule has 0 aliphatic carbocycles. The van der Waals surface area contributed by atoms with E-state index in [1.165, 1.54) is 11.3 Å². The van der Waals surface area contributed by atoms with E-state index in [0.717, 1.165) is 21.8 Å². The van der Waals surface area contributed by atoms with Crippen LogP contribution < -0.4 is 10.2 Å². The summed E-state index contributed by atoms with van der Waals surface area (Å²) in [4.78, 5) is 50.5. The molecular formula is C24H19N5O3S. The minimum absolute atomic E-state index is 0.103. The first kappa shape index (κ1) is 19.8. The molecule has 0 spiro atoms. The number of aliphatic imine (C=N–C) groups is 1. The van der Waals surface area contributed by atoms with Crippen molar-refractivity contribution in [2.75, 3.05) is 4.90 Å². The molecule has 0 bridgehead atoms. The Balaban J connectivity index is 1.56. The van der Waals surface area contributed by atoms with Crippen LogP contribution in [0.3, 0.4) is 0 Å². The third-order valence-electron chi connectivity index (χ3n) is 6.28. The minimum atomic E-state index is -0.486. The van der Waals surface area contributed by atoms with E-state index in [1.54, 1.807) is 29.2 Å². The van der Waals surface area contributed by atoms with E-state index < -0.39 is 11.8 Å². The summed E-state index contributed by atoms with van der Waals surface area (Å²) in [7, 11) is 0. The van der Waals surface area contributed by atoms with Crippen molar-refractivity contribution in [1.82, 2.24) is 14.7 Å². The minimum Gasteiger partial charge on any atom is -0.335 e. The van der Waals surface area contributed by atoms with Crippen LogP contribution in [0.1, 0.15) is 30.7 Å². The SMILES string of the molecule is CC(C)C(=O)C1Cc2cccc3c2N1C=CN=C3C1=C(c2csc3nccn23)C(=O)NC1=O. The number of imidazole rings is 1. The number of aromatic nitrogens is 2. The van der Waals surface area contributed by atoms with Gasteiger partial charge in [-0.05, 0) is 5.56 Å². The van der Waals surface area contributed by atoms with E-state index in [4.69, 9.17) is 0 Å². The molecule has 3 aromatic rings. The lowest BCUT2D eigenvalue weighted by molar-refractivity contribution is -0.124. The average Bonchev–Trinajstić information content (AvgIpc) is 3.51. The van der Waals surface area contributed by atoms with Gasteiger partial charge in [-0.25, -0.2) is 4.98 Å². The number of imide groups is 1. The third kappa shape index (κ3) is 2.78. The zero-order chi connectivity index (χ0) is 22.9. The maximum atomic E-state index is 13.0. The van der Waals surface area contributed by atoms with E-state index in [1.807, 2.05) is 42.3 Å². The van der Waals surface area contributed by atoms with Crippen molar-refractivity contribution in [2.45, 2.75) is 26.3 Å². The number of nitrogens with zero attached hydrogens (tertiary/aromatic N) is 4. The van der Waals surface area contributed by atoms with Crippen LogP contribution >= 0.6 is 11.3 Å². The predicted molar refractivity (Wildman–Crippen MR) is 125 cm³/mol. The lowest BCUT2D eigenvalue weighted by atomic mass is 9.94. The van der Waals surface area contributed by atoms with Crippen LogP contribution in [-0.4, -0.2) is 38.7 Å². The number of nitrogens with one attached hydrogen (secondary N) is 1. The van der Waals surface area contributed by atoms with E-state index in [2.05, 4.69) is 15.3 Å². The summed E-state index contributed by atoms with van der Waals surface area (Å²) >= 11 is 1.39. The van der Waals surface area contributed by atoms with Crippen molar-refractivity contribution in [2.24, 2.45) is 10.9 Å². The number of carbonyl (C=O) groups excluding carboxylic acids is 3. The van der Waals surface area contributed by atoms with Crippen molar-refractivity contribution in [3.8, 4) is 0 Å². The third-order valence-corrected chi connectivity index (χ3v) is 7.13. The van der Waals surface area contributed by atoms with Crippen LogP contribution in [-0.2, 0) is 20.8 Å². The predicted octanol–water partition coefficient (Wildman–Crippen LogP) is 2.74. The zero-order valence-corrected chi connectivity index (χ0v) is 18.7. The second-order valence-corrected chi connectivity index (χ2v) is 9.34. The highest BCUT2D eigenvalue weighted by Crippen LogP contribution is 2.41. The maximum absolute atomic E-state index is 13.0. The number of ketones is 1.